The summed E-state index contributed by atoms with van der Waals surface area (Å²) in [5, 5.41) is 3.19. The van der Waals surface area contributed by atoms with Gasteiger partial charge in [0.25, 0.3) is 0 Å². The maximum absolute atomic E-state index is 6.77. The fourth-order valence-electron chi connectivity index (χ4n) is 9.15. The average molecular weight is 703 g/mol. The topological polar surface area (TPSA) is 64.7 Å². The van der Waals surface area contributed by atoms with Crippen molar-refractivity contribution in [2.24, 2.45) is 0 Å². The van der Waals surface area contributed by atoms with E-state index in [0.29, 0.717) is 5.69 Å². The van der Waals surface area contributed by atoms with Crippen molar-refractivity contribution in [3.8, 4) is 44.8 Å². The molecule has 2 N–H and O–H groups in total. The molecule has 0 aliphatic heterocycles. The number of benzene rings is 6. The van der Waals surface area contributed by atoms with Crippen molar-refractivity contribution in [2.75, 3.05) is 5.73 Å². The Morgan fingerprint density at radius 2 is 1.04 bits per heavy atom. The zero-order valence-corrected chi connectivity index (χ0v) is 30.2. The van der Waals surface area contributed by atoms with E-state index in [4.69, 9.17) is 20.7 Å². The number of pyridine rings is 3. The van der Waals surface area contributed by atoms with E-state index in [1.54, 1.807) is 0 Å². The molecule has 258 valence electrons. The molecule has 1 spiro atoms. The van der Waals surface area contributed by atoms with Crippen molar-refractivity contribution in [2.45, 2.75) is 12.3 Å². The molecule has 0 radical (unpaired) electrons. The molecule has 3 heterocycles. The van der Waals surface area contributed by atoms with Crippen molar-refractivity contribution in [3.63, 3.8) is 0 Å². The number of hydrogen-bond acceptors (Lipinski definition) is 4. The van der Waals surface area contributed by atoms with E-state index in [1.165, 1.54) is 44.5 Å². The van der Waals surface area contributed by atoms with E-state index >= 15 is 0 Å². The minimum atomic E-state index is -0.532. The first-order valence-corrected chi connectivity index (χ1v) is 18.8. The number of nitrogens with two attached hydrogens (primary N) is 1. The summed E-state index contributed by atoms with van der Waals surface area (Å²) in [4.78, 5) is 15.2. The molecule has 9 aromatic rings. The van der Waals surface area contributed by atoms with Crippen LogP contribution < -0.4 is 5.73 Å². The predicted molar refractivity (Wildman–Crippen MR) is 228 cm³/mol. The first kappa shape index (κ1) is 31.4. The van der Waals surface area contributed by atoms with Crippen LogP contribution in [0.3, 0.4) is 0 Å². The highest BCUT2D eigenvalue weighted by Gasteiger charge is 2.51. The Morgan fingerprint density at radius 1 is 0.491 bits per heavy atom. The fraction of sp³-hybridized carbons (Fsp3) is 0.0392. The Hall–Kier alpha value is -7.17. The SMILES string of the molecule is C/C=C\C=C/c1ccc2ccc(-c3ccc4c(c3)C3(c5ccccc5-4)c4ccccc4-c4ccc(-c5ccc6ccc7cccnc7c6n5)cc43)nc2c1N. The molecule has 6 aromatic carbocycles. The summed E-state index contributed by atoms with van der Waals surface area (Å²) in [6.45, 7) is 2.00. The van der Waals surface area contributed by atoms with Crippen LogP contribution in [-0.2, 0) is 5.41 Å². The Morgan fingerprint density at radius 3 is 1.69 bits per heavy atom. The molecule has 2 aliphatic rings. The van der Waals surface area contributed by atoms with Gasteiger partial charge in [-0.15, -0.1) is 0 Å². The molecule has 1 unspecified atom stereocenters. The van der Waals surface area contributed by atoms with Crippen LogP contribution in [0.15, 0.2) is 170 Å². The van der Waals surface area contributed by atoms with Crippen molar-refractivity contribution < 1.29 is 0 Å². The summed E-state index contributed by atoms with van der Waals surface area (Å²) in [5.74, 6) is 0. The van der Waals surface area contributed by atoms with Gasteiger partial charge in [-0.05, 0) is 87.3 Å². The summed E-state index contributed by atoms with van der Waals surface area (Å²) >= 11 is 0. The third kappa shape index (κ3) is 4.49. The number of nitrogen functional groups attached to an aromatic ring is 1. The average Bonchev–Trinajstić information content (AvgIpc) is 3.71. The third-order valence-electron chi connectivity index (χ3n) is 11.6. The highest BCUT2D eigenvalue weighted by molar-refractivity contribution is 6.04. The fourth-order valence-corrected chi connectivity index (χ4v) is 9.15. The number of rotatable bonds is 4. The molecule has 0 saturated carbocycles. The molecule has 0 saturated heterocycles. The first-order valence-electron chi connectivity index (χ1n) is 18.8. The minimum Gasteiger partial charge on any atom is -0.396 e. The lowest BCUT2D eigenvalue weighted by Crippen LogP contribution is -2.26. The molecular weight excluding hydrogens is 669 g/mol. The van der Waals surface area contributed by atoms with Gasteiger partial charge < -0.3 is 5.73 Å². The van der Waals surface area contributed by atoms with Crippen LogP contribution in [0.2, 0.25) is 0 Å². The quantitative estimate of drug-likeness (QED) is 0.113. The molecule has 55 heavy (non-hydrogen) atoms. The Labute approximate surface area is 319 Å². The lowest BCUT2D eigenvalue weighted by atomic mass is 9.70. The van der Waals surface area contributed by atoms with Gasteiger partial charge in [0, 0.05) is 33.5 Å². The lowest BCUT2D eigenvalue weighted by Gasteiger charge is -2.31. The van der Waals surface area contributed by atoms with Gasteiger partial charge in [-0.25, -0.2) is 9.97 Å². The van der Waals surface area contributed by atoms with Crippen LogP contribution in [0.5, 0.6) is 0 Å². The summed E-state index contributed by atoms with van der Waals surface area (Å²) in [5.41, 5.74) is 24.6. The number of anilines is 1. The summed E-state index contributed by atoms with van der Waals surface area (Å²) < 4.78 is 0. The Balaban J connectivity index is 1.13. The van der Waals surface area contributed by atoms with Crippen LogP contribution >= 0.6 is 0 Å². The van der Waals surface area contributed by atoms with Crippen LogP contribution in [0, 0.1) is 0 Å². The van der Waals surface area contributed by atoms with Crippen molar-refractivity contribution in [3.05, 3.63) is 198 Å². The molecule has 3 aromatic heterocycles. The van der Waals surface area contributed by atoms with Crippen LogP contribution in [-0.4, -0.2) is 15.0 Å². The number of fused-ring (bicyclic) bond motifs is 14. The van der Waals surface area contributed by atoms with E-state index in [2.05, 4.69) is 140 Å². The van der Waals surface area contributed by atoms with Crippen molar-refractivity contribution >= 4 is 44.5 Å². The number of nitrogens with zero attached hydrogens (tertiary/aromatic N) is 3. The zero-order valence-electron chi connectivity index (χ0n) is 30.2. The second kappa shape index (κ2) is 11.9. The molecule has 0 amide bonds. The monoisotopic (exact) mass is 702 g/mol. The van der Waals surface area contributed by atoms with E-state index in [0.717, 1.165) is 60.8 Å². The van der Waals surface area contributed by atoms with E-state index in [9.17, 15) is 0 Å². The van der Waals surface area contributed by atoms with Gasteiger partial charge in [-0.1, -0.05) is 140 Å². The zero-order chi connectivity index (χ0) is 36.7. The predicted octanol–water partition coefficient (Wildman–Crippen LogP) is 12.2. The Bertz CT molecular complexity index is 3120. The standard InChI is InChI=1S/C51H34N4/c1-2-3-4-10-31-16-17-33-22-26-45(54-48(33)47(31)52)35-20-24-39-37-12-5-7-14-41(37)51(43(39)29-35)42-15-8-6-13-38(42)40-25-21-36(30-44(40)51)46-27-23-34-19-18-32-11-9-28-53-49(32)50(34)55-46/h2-30H,52H2,1H3/b3-2-,10-4-. The Kier molecular flexibility index (Phi) is 6.80. The van der Waals surface area contributed by atoms with Crippen molar-refractivity contribution in [1.82, 2.24) is 15.0 Å². The van der Waals surface area contributed by atoms with E-state index in [-0.39, 0.29) is 0 Å². The van der Waals surface area contributed by atoms with E-state index < -0.39 is 5.41 Å². The maximum Gasteiger partial charge on any atom is 0.0972 e. The summed E-state index contributed by atoms with van der Waals surface area (Å²) in [7, 11) is 0. The van der Waals surface area contributed by atoms with Gasteiger partial charge in [0.2, 0.25) is 0 Å². The first-order chi connectivity index (χ1) is 27.1. The third-order valence-corrected chi connectivity index (χ3v) is 11.6. The van der Waals surface area contributed by atoms with Gasteiger partial charge in [0.05, 0.1) is 39.0 Å². The molecule has 4 nitrogen and oxygen atoms in total. The lowest BCUT2D eigenvalue weighted by molar-refractivity contribution is 0.794. The minimum absolute atomic E-state index is 0.532. The van der Waals surface area contributed by atoms with Gasteiger partial charge in [-0.3, -0.25) is 4.98 Å². The highest BCUT2D eigenvalue weighted by Crippen LogP contribution is 2.63. The maximum atomic E-state index is 6.77. The number of allylic oxidation sites excluding steroid dienone is 3. The van der Waals surface area contributed by atoms with Crippen LogP contribution in [0.4, 0.5) is 5.69 Å². The second-order valence-corrected chi connectivity index (χ2v) is 14.5. The number of hydrogen-bond donors (Lipinski definition) is 1. The molecule has 0 fully saturated rings. The molecule has 1 atom stereocenters. The number of aromatic nitrogens is 3. The molecule has 4 heteroatoms. The molecular formula is C51H34N4. The highest BCUT2D eigenvalue weighted by atomic mass is 14.8. The van der Waals surface area contributed by atoms with Crippen LogP contribution in [0.25, 0.3) is 83.6 Å². The van der Waals surface area contributed by atoms with Gasteiger partial charge in [0.15, 0.2) is 0 Å². The summed E-state index contributed by atoms with van der Waals surface area (Å²) in [6, 6.07) is 52.7. The van der Waals surface area contributed by atoms with Gasteiger partial charge in [-0.2, -0.15) is 0 Å². The molecule has 2 aliphatic carbocycles. The second-order valence-electron chi connectivity index (χ2n) is 14.5. The smallest absolute Gasteiger partial charge is 0.0972 e. The largest absolute Gasteiger partial charge is 0.396 e. The van der Waals surface area contributed by atoms with E-state index in [1.807, 2.05) is 43.5 Å². The summed E-state index contributed by atoms with van der Waals surface area (Å²) in [6.07, 6.45) is 9.90. The van der Waals surface area contributed by atoms with Gasteiger partial charge in [0.1, 0.15) is 0 Å². The molecule has 0 bridgehead atoms. The van der Waals surface area contributed by atoms with Gasteiger partial charge >= 0.3 is 0 Å². The normalized spacial score (nSPS) is 15.4. The molecule has 11 rings (SSSR count). The van der Waals surface area contributed by atoms with Crippen molar-refractivity contribution in [1.29, 1.82) is 0 Å². The van der Waals surface area contributed by atoms with Crippen LogP contribution in [0.1, 0.15) is 34.7 Å².